The van der Waals surface area contributed by atoms with Gasteiger partial charge in [-0.1, -0.05) is 23.2 Å². The van der Waals surface area contributed by atoms with Gasteiger partial charge in [0, 0.05) is 16.1 Å². The lowest BCUT2D eigenvalue weighted by Crippen LogP contribution is -2.03. The normalized spacial score (nSPS) is 10.3. The Morgan fingerprint density at radius 2 is 1.89 bits per heavy atom. The van der Waals surface area contributed by atoms with Crippen molar-refractivity contribution in [3.8, 4) is 5.75 Å². The Kier molecular flexibility index (Phi) is 4.08. The molecule has 5 heteroatoms. The molecule has 0 aliphatic carbocycles. The molecule has 0 heterocycles. The molecule has 0 radical (unpaired) electrons. The molecule has 0 N–H and O–H groups in total. The highest BCUT2D eigenvalue weighted by molar-refractivity contribution is 6.36. The summed E-state index contributed by atoms with van der Waals surface area (Å²) in [5, 5.41) is 0.660. The van der Waals surface area contributed by atoms with Crippen LogP contribution in [0.4, 0.5) is 4.39 Å². The molecule has 0 fully saturated rings. The van der Waals surface area contributed by atoms with Gasteiger partial charge in [-0.15, -0.1) is 0 Å². The van der Waals surface area contributed by atoms with E-state index in [2.05, 4.69) is 0 Å². The van der Waals surface area contributed by atoms with Crippen molar-refractivity contribution in [1.82, 2.24) is 0 Å². The molecule has 0 unspecified atom stereocenters. The summed E-state index contributed by atoms with van der Waals surface area (Å²) in [6.45, 7) is 0. The quantitative estimate of drug-likeness (QED) is 0.787. The second-order valence-electron chi connectivity index (χ2n) is 3.80. The van der Waals surface area contributed by atoms with Crippen LogP contribution in [0.5, 0.6) is 5.75 Å². The van der Waals surface area contributed by atoms with E-state index >= 15 is 0 Å². The molecule has 2 aromatic rings. The average Bonchev–Trinajstić information content (AvgIpc) is 2.40. The van der Waals surface area contributed by atoms with Crippen molar-refractivity contribution < 1.29 is 13.9 Å². The van der Waals surface area contributed by atoms with Crippen molar-refractivity contribution in [3.05, 3.63) is 63.4 Å². The van der Waals surface area contributed by atoms with Crippen molar-refractivity contribution in [2.45, 2.75) is 0 Å². The van der Waals surface area contributed by atoms with E-state index in [0.717, 1.165) is 6.07 Å². The maximum atomic E-state index is 13.6. The lowest BCUT2D eigenvalue weighted by atomic mass is 10.0. The van der Waals surface area contributed by atoms with Crippen molar-refractivity contribution in [2.75, 3.05) is 7.11 Å². The number of carbonyl (C=O) groups is 1. The third-order valence-electron chi connectivity index (χ3n) is 2.59. The lowest BCUT2D eigenvalue weighted by molar-refractivity contribution is 0.103. The zero-order valence-electron chi connectivity index (χ0n) is 9.91. The van der Waals surface area contributed by atoms with Crippen molar-refractivity contribution >= 4 is 29.0 Å². The van der Waals surface area contributed by atoms with Gasteiger partial charge >= 0.3 is 0 Å². The molecule has 2 rings (SSSR count). The van der Waals surface area contributed by atoms with Gasteiger partial charge in [0.2, 0.25) is 0 Å². The van der Waals surface area contributed by atoms with Crippen LogP contribution >= 0.6 is 23.2 Å². The Morgan fingerprint density at radius 1 is 1.16 bits per heavy atom. The fraction of sp³-hybridized carbons (Fsp3) is 0.0714. The summed E-state index contributed by atoms with van der Waals surface area (Å²) in [7, 11) is 1.35. The Labute approximate surface area is 119 Å². The number of ether oxygens (including phenoxy) is 1. The first-order valence-electron chi connectivity index (χ1n) is 5.36. The maximum Gasteiger partial charge on any atom is 0.194 e. The van der Waals surface area contributed by atoms with E-state index in [-0.39, 0.29) is 21.9 Å². The van der Waals surface area contributed by atoms with E-state index in [4.69, 9.17) is 27.9 Å². The molecule has 0 aliphatic heterocycles. The Bertz CT molecular complexity index is 641. The summed E-state index contributed by atoms with van der Waals surface area (Å²) in [6.07, 6.45) is 0. The largest absolute Gasteiger partial charge is 0.494 e. The van der Waals surface area contributed by atoms with Crippen LogP contribution in [0, 0.1) is 5.82 Å². The molecule has 98 valence electrons. The second-order valence-corrected chi connectivity index (χ2v) is 4.65. The fourth-order valence-corrected chi connectivity index (χ4v) is 2.01. The van der Waals surface area contributed by atoms with Gasteiger partial charge in [0.25, 0.3) is 0 Å². The monoisotopic (exact) mass is 298 g/mol. The van der Waals surface area contributed by atoms with Crippen LogP contribution in [0.25, 0.3) is 0 Å². The smallest absolute Gasteiger partial charge is 0.194 e. The minimum atomic E-state index is -0.605. The molecule has 0 aliphatic rings. The number of carbonyl (C=O) groups excluding carboxylic acids is 1. The predicted molar refractivity (Wildman–Crippen MR) is 72.8 cm³/mol. The first kappa shape index (κ1) is 13.8. The fourth-order valence-electron chi connectivity index (χ4n) is 1.63. The molecule has 0 atom stereocenters. The lowest BCUT2D eigenvalue weighted by Gasteiger charge is -2.06. The highest BCUT2D eigenvalue weighted by Gasteiger charge is 2.15. The predicted octanol–water partition coefficient (Wildman–Crippen LogP) is 4.37. The number of hydrogen-bond donors (Lipinski definition) is 0. The third-order valence-corrected chi connectivity index (χ3v) is 3.15. The first-order valence-corrected chi connectivity index (χ1v) is 6.12. The van der Waals surface area contributed by atoms with Gasteiger partial charge in [-0.25, -0.2) is 4.39 Å². The van der Waals surface area contributed by atoms with E-state index < -0.39 is 11.6 Å². The number of ketones is 1. The van der Waals surface area contributed by atoms with Crippen LogP contribution in [-0.4, -0.2) is 12.9 Å². The molecular weight excluding hydrogens is 290 g/mol. The van der Waals surface area contributed by atoms with Gasteiger partial charge < -0.3 is 4.74 Å². The standard InChI is InChI=1S/C14H9Cl2FO2/c1-19-13-5-2-8(6-12(13)17)14(18)10-7-9(15)3-4-11(10)16/h2-7H,1H3. The van der Waals surface area contributed by atoms with Crippen molar-refractivity contribution in [3.63, 3.8) is 0 Å². The minimum absolute atomic E-state index is 0.0775. The molecule has 2 nitrogen and oxygen atoms in total. The summed E-state index contributed by atoms with van der Waals surface area (Å²) in [4.78, 5) is 12.2. The molecule has 0 spiro atoms. The maximum absolute atomic E-state index is 13.6. The summed E-state index contributed by atoms with van der Waals surface area (Å²) in [5.74, 6) is -0.922. The van der Waals surface area contributed by atoms with E-state index in [9.17, 15) is 9.18 Å². The van der Waals surface area contributed by atoms with Crippen LogP contribution in [0.1, 0.15) is 15.9 Å². The van der Waals surface area contributed by atoms with Gasteiger partial charge in [0.1, 0.15) is 0 Å². The van der Waals surface area contributed by atoms with Crippen LogP contribution < -0.4 is 4.74 Å². The number of halogens is 3. The van der Waals surface area contributed by atoms with Gasteiger partial charge in [0.15, 0.2) is 17.3 Å². The van der Waals surface area contributed by atoms with Crippen molar-refractivity contribution in [2.24, 2.45) is 0 Å². The average molecular weight is 299 g/mol. The van der Waals surface area contributed by atoms with Crippen LogP contribution in [-0.2, 0) is 0 Å². The second kappa shape index (κ2) is 5.59. The summed E-state index contributed by atoms with van der Waals surface area (Å²) < 4.78 is 18.4. The van der Waals surface area contributed by atoms with E-state index in [1.54, 1.807) is 6.07 Å². The van der Waals surface area contributed by atoms with Gasteiger partial charge in [-0.2, -0.15) is 0 Å². The molecule has 0 saturated heterocycles. The number of methoxy groups -OCH3 is 1. The molecule has 2 aromatic carbocycles. The van der Waals surface area contributed by atoms with Gasteiger partial charge in [-0.05, 0) is 36.4 Å². The number of rotatable bonds is 3. The highest BCUT2D eigenvalue weighted by Crippen LogP contribution is 2.25. The Balaban J connectivity index is 2.44. The van der Waals surface area contributed by atoms with Gasteiger partial charge in [-0.3, -0.25) is 4.79 Å². The van der Waals surface area contributed by atoms with E-state index in [1.807, 2.05) is 0 Å². The number of hydrogen-bond acceptors (Lipinski definition) is 2. The summed E-state index contributed by atoms with van der Waals surface area (Å²) in [5.41, 5.74) is 0.418. The van der Waals surface area contributed by atoms with Crippen LogP contribution in [0.3, 0.4) is 0 Å². The number of benzene rings is 2. The summed E-state index contributed by atoms with van der Waals surface area (Å²) >= 11 is 11.8. The van der Waals surface area contributed by atoms with Crippen LogP contribution in [0.15, 0.2) is 36.4 Å². The Morgan fingerprint density at radius 3 is 2.53 bits per heavy atom. The topological polar surface area (TPSA) is 26.3 Å². The zero-order chi connectivity index (χ0) is 14.0. The molecular formula is C14H9Cl2FO2. The zero-order valence-corrected chi connectivity index (χ0v) is 11.4. The first-order chi connectivity index (χ1) is 9.02. The molecule has 19 heavy (non-hydrogen) atoms. The molecule has 0 amide bonds. The summed E-state index contributed by atoms with van der Waals surface area (Å²) in [6, 6.07) is 8.53. The van der Waals surface area contributed by atoms with E-state index in [1.165, 1.54) is 31.4 Å². The van der Waals surface area contributed by atoms with E-state index in [0.29, 0.717) is 5.02 Å². The minimum Gasteiger partial charge on any atom is -0.494 e. The highest BCUT2D eigenvalue weighted by atomic mass is 35.5. The Hall–Kier alpha value is -1.58. The third kappa shape index (κ3) is 2.88. The van der Waals surface area contributed by atoms with Crippen molar-refractivity contribution in [1.29, 1.82) is 0 Å². The van der Waals surface area contributed by atoms with Gasteiger partial charge in [0.05, 0.1) is 12.1 Å². The molecule has 0 bridgehead atoms. The SMILES string of the molecule is COc1ccc(C(=O)c2cc(Cl)ccc2Cl)cc1F. The molecule has 0 saturated carbocycles. The molecule has 0 aromatic heterocycles. The van der Waals surface area contributed by atoms with Crippen LogP contribution in [0.2, 0.25) is 10.0 Å².